The van der Waals surface area contributed by atoms with Crippen molar-refractivity contribution in [1.29, 1.82) is 0 Å². The second-order valence-electron chi connectivity index (χ2n) is 5.12. The van der Waals surface area contributed by atoms with Crippen molar-refractivity contribution in [2.24, 2.45) is 11.8 Å². The van der Waals surface area contributed by atoms with Gasteiger partial charge in [0.2, 0.25) is 0 Å². The molecule has 1 heteroatoms. The largest absolute Gasteiger partial charge is 0.147 e. The minimum atomic E-state index is 0.424. The summed E-state index contributed by atoms with van der Waals surface area (Å²) in [6, 6.07) is 0. The molecule has 0 aromatic carbocycles. The molecule has 1 atom stereocenters. The zero-order valence-electron chi connectivity index (χ0n) is 10.5. The Morgan fingerprint density at radius 3 is 2.14 bits per heavy atom. The molecule has 82 valence electrons. The molecule has 0 aromatic heterocycles. The van der Waals surface area contributed by atoms with Crippen LogP contribution >= 0.6 is 11.8 Å². The van der Waals surface area contributed by atoms with Crippen LogP contribution in [0.15, 0.2) is 11.1 Å². The molecular weight excluding hydrogens is 188 g/mol. The minimum Gasteiger partial charge on any atom is -0.147 e. The van der Waals surface area contributed by atoms with E-state index in [0.29, 0.717) is 10.7 Å². The molecule has 0 nitrogen and oxygen atoms in total. The van der Waals surface area contributed by atoms with Crippen molar-refractivity contribution in [3.8, 4) is 0 Å². The fourth-order valence-electron chi connectivity index (χ4n) is 2.48. The van der Waals surface area contributed by atoms with E-state index in [1.807, 2.05) is 0 Å². The Kier molecular flexibility index (Phi) is 3.74. The van der Waals surface area contributed by atoms with Gasteiger partial charge in [0.05, 0.1) is 0 Å². The molecule has 0 saturated carbocycles. The van der Waals surface area contributed by atoms with E-state index >= 15 is 0 Å². The lowest BCUT2D eigenvalue weighted by molar-refractivity contribution is 0.592. The van der Waals surface area contributed by atoms with Crippen LogP contribution in [0.5, 0.6) is 0 Å². The third kappa shape index (κ3) is 2.03. The van der Waals surface area contributed by atoms with E-state index in [0.717, 1.165) is 5.92 Å². The van der Waals surface area contributed by atoms with Gasteiger partial charge in [0.25, 0.3) is 0 Å². The predicted molar refractivity (Wildman–Crippen MR) is 67.9 cm³/mol. The van der Waals surface area contributed by atoms with E-state index in [9.17, 15) is 0 Å². The van der Waals surface area contributed by atoms with Crippen molar-refractivity contribution in [2.45, 2.75) is 52.7 Å². The molecule has 0 amide bonds. The SMILES string of the molecule is CCC1(C)SCC(C(C)C)=C1C(C)C. The average molecular weight is 212 g/mol. The Labute approximate surface area is 93.5 Å². The number of thioether (sulfide) groups is 1. The second kappa shape index (κ2) is 4.30. The fraction of sp³-hybridized carbons (Fsp3) is 0.846. The molecule has 0 aromatic rings. The van der Waals surface area contributed by atoms with Crippen LogP contribution in [0.2, 0.25) is 0 Å². The monoisotopic (exact) mass is 212 g/mol. The molecule has 0 spiro atoms. The van der Waals surface area contributed by atoms with E-state index in [1.54, 1.807) is 11.1 Å². The van der Waals surface area contributed by atoms with Crippen molar-refractivity contribution in [3.05, 3.63) is 11.1 Å². The lowest BCUT2D eigenvalue weighted by Gasteiger charge is -2.29. The van der Waals surface area contributed by atoms with Gasteiger partial charge in [-0.25, -0.2) is 0 Å². The molecule has 1 unspecified atom stereocenters. The third-order valence-corrected chi connectivity index (χ3v) is 5.01. The smallest absolute Gasteiger partial charge is 0.0346 e. The lowest BCUT2D eigenvalue weighted by atomic mass is 9.82. The summed E-state index contributed by atoms with van der Waals surface area (Å²) in [5, 5.41) is 0. The zero-order valence-corrected chi connectivity index (χ0v) is 11.3. The first-order valence-electron chi connectivity index (χ1n) is 5.79. The van der Waals surface area contributed by atoms with Crippen molar-refractivity contribution in [2.75, 3.05) is 5.75 Å². The molecule has 0 radical (unpaired) electrons. The molecule has 0 bridgehead atoms. The van der Waals surface area contributed by atoms with Crippen LogP contribution in [-0.4, -0.2) is 10.5 Å². The predicted octanol–water partition coefficient (Wildman–Crippen LogP) is 4.51. The molecule has 0 aliphatic carbocycles. The van der Waals surface area contributed by atoms with Gasteiger partial charge in [0.1, 0.15) is 0 Å². The topological polar surface area (TPSA) is 0 Å². The van der Waals surface area contributed by atoms with E-state index in [1.165, 1.54) is 12.2 Å². The summed E-state index contributed by atoms with van der Waals surface area (Å²) >= 11 is 2.14. The standard InChI is InChI=1S/C13H24S/c1-7-13(6)12(10(4)5)11(8-14-13)9(2)3/h9-10H,7-8H2,1-6H3. The number of hydrogen-bond acceptors (Lipinski definition) is 1. The Morgan fingerprint density at radius 1 is 1.21 bits per heavy atom. The van der Waals surface area contributed by atoms with Gasteiger partial charge in [-0.2, -0.15) is 0 Å². The lowest BCUT2D eigenvalue weighted by Crippen LogP contribution is -2.22. The summed E-state index contributed by atoms with van der Waals surface area (Å²) in [6.45, 7) is 14.1. The first-order chi connectivity index (χ1) is 6.42. The summed E-state index contributed by atoms with van der Waals surface area (Å²) in [5.74, 6) is 2.70. The average Bonchev–Trinajstić information content (AvgIpc) is 2.44. The van der Waals surface area contributed by atoms with Gasteiger partial charge in [0.15, 0.2) is 0 Å². The Morgan fingerprint density at radius 2 is 1.79 bits per heavy atom. The van der Waals surface area contributed by atoms with Gasteiger partial charge in [-0.3, -0.25) is 0 Å². The minimum absolute atomic E-state index is 0.424. The molecule has 14 heavy (non-hydrogen) atoms. The van der Waals surface area contributed by atoms with E-state index in [-0.39, 0.29) is 0 Å². The normalized spacial score (nSPS) is 28.3. The summed E-state index contributed by atoms with van der Waals surface area (Å²) in [6.07, 6.45) is 1.27. The van der Waals surface area contributed by atoms with Crippen LogP contribution in [0.4, 0.5) is 0 Å². The van der Waals surface area contributed by atoms with Crippen LogP contribution in [0, 0.1) is 11.8 Å². The molecule has 0 fully saturated rings. The van der Waals surface area contributed by atoms with Gasteiger partial charge < -0.3 is 0 Å². The number of rotatable bonds is 3. The zero-order chi connectivity index (χ0) is 10.9. The maximum absolute atomic E-state index is 2.42. The highest BCUT2D eigenvalue weighted by atomic mass is 32.2. The van der Waals surface area contributed by atoms with Crippen LogP contribution < -0.4 is 0 Å². The quantitative estimate of drug-likeness (QED) is 0.620. The fourth-order valence-corrected chi connectivity index (χ4v) is 4.17. The van der Waals surface area contributed by atoms with Gasteiger partial charge >= 0.3 is 0 Å². The first-order valence-corrected chi connectivity index (χ1v) is 6.78. The molecule has 1 heterocycles. The van der Waals surface area contributed by atoms with Crippen molar-refractivity contribution < 1.29 is 0 Å². The molecule has 0 N–H and O–H groups in total. The highest BCUT2D eigenvalue weighted by Crippen LogP contribution is 2.49. The molecular formula is C13H24S. The summed E-state index contributed by atoms with van der Waals surface area (Å²) in [4.78, 5) is 0. The van der Waals surface area contributed by atoms with Gasteiger partial charge in [0, 0.05) is 10.5 Å². The van der Waals surface area contributed by atoms with Crippen LogP contribution in [0.25, 0.3) is 0 Å². The van der Waals surface area contributed by atoms with E-state index in [2.05, 4.69) is 53.3 Å². The van der Waals surface area contributed by atoms with Crippen molar-refractivity contribution >= 4 is 11.8 Å². The van der Waals surface area contributed by atoms with Crippen molar-refractivity contribution in [3.63, 3.8) is 0 Å². The van der Waals surface area contributed by atoms with Gasteiger partial charge in [-0.15, -0.1) is 11.8 Å². The van der Waals surface area contributed by atoms with Crippen LogP contribution in [-0.2, 0) is 0 Å². The van der Waals surface area contributed by atoms with E-state index < -0.39 is 0 Å². The first kappa shape index (κ1) is 12.2. The highest BCUT2D eigenvalue weighted by molar-refractivity contribution is 8.01. The Bertz CT molecular complexity index is 238. The Balaban J connectivity index is 3.09. The van der Waals surface area contributed by atoms with Crippen LogP contribution in [0.1, 0.15) is 48.0 Å². The molecule has 1 aliphatic heterocycles. The summed E-state index contributed by atoms with van der Waals surface area (Å²) in [5.41, 5.74) is 3.45. The van der Waals surface area contributed by atoms with E-state index in [4.69, 9.17) is 0 Å². The Hall–Kier alpha value is 0.0900. The van der Waals surface area contributed by atoms with Crippen molar-refractivity contribution in [1.82, 2.24) is 0 Å². The third-order valence-electron chi connectivity index (χ3n) is 3.41. The van der Waals surface area contributed by atoms with Gasteiger partial charge in [-0.05, 0) is 25.2 Å². The molecule has 1 aliphatic rings. The maximum atomic E-state index is 2.42. The molecule has 0 saturated heterocycles. The number of hydrogen-bond donors (Lipinski definition) is 0. The highest BCUT2D eigenvalue weighted by Gasteiger charge is 2.37. The maximum Gasteiger partial charge on any atom is 0.0346 e. The second-order valence-corrected chi connectivity index (χ2v) is 6.60. The summed E-state index contributed by atoms with van der Waals surface area (Å²) < 4.78 is 0.424. The summed E-state index contributed by atoms with van der Waals surface area (Å²) in [7, 11) is 0. The van der Waals surface area contributed by atoms with Crippen LogP contribution in [0.3, 0.4) is 0 Å². The van der Waals surface area contributed by atoms with Gasteiger partial charge in [-0.1, -0.05) is 45.8 Å². The molecule has 1 rings (SSSR count).